The third-order valence-corrected chi connectivity index (χ3v) is 4.19. The second kappa shape index (κ2) is 5.77. The molecule has 0 aliphatic carbocycles. The smallest absolute Gasteiger partial charge is 0.267 e. The van der Waals surface area contributed by atoms with E-state index < -0.39 is 0 Å². The van der Waals surface area contributed by atoms with Crippen LogP contribution in [0.5, 0.6) is 0 Å². The maximum Gasteiger partial charge on any atom is 0.267 e. The van der Waals surface area contributed by atoms with E-state index in [0.717, 1.165) is 24.6 Å². The van der Waals surface area contributed by atoms with Crippen molar-refractivity contribution in [3.63, 3.8) is 0 Å². The number of nitrogens with two attached hydrogens (primary N) is 1. The maximum absolute atomic E-state index is 12.5. The summed E-state index contributed by atoms with van der Waals surface area (Å²) in [5, 5.41) is 3.91. The topological polar surface area (TPSA) is 71.2 Å². The Labute approximate surface area is 118 Å². The van der Waals surface area contributed by atoms with Gasteiger partial charge in [0.15, 0.2) is 5.13 Å². The third-order valence-electron chi connectivity index (χ3n) is 3.20. The number of hydrogen-bond acceptors (Lipinski definition) is 5. The molecule has 0 aromatic carbocycles. The normalized spacial score (nSPS) is 19.8. The van der Waals surface area contributed by atoms with Crippen molar-refractivity contribution in [2.24, 2.45) is 5.92 Å². The Morgan fingerprint density at radius 2 is 2.32 bits per heavy atom. The van der Waals surface area contributed by atoms with Crippen LogP contribution in [0.25, 0.3) is 0 Å². The molecule has 1 saturated heterocycles. The molecule has 0 saturated carbocycles. The summed E-state index contributed by atoms with van der Waals surface area (Å²) in [6, 6.07) is 0.281. The first-order chi connectivity index (χ1) is 8.97. The zero-order valence-electron chi connectivity index (χ0n) is 11.8. The molecule has 1 fully saturated rings. The van der Waals surface area contributed by atoms with Crippen molar-refractivity contribution < 1.29 is 4.79 Å². The summed E-state index contributed by atoms with van der Waals surface area (Å²) in [6.07, 6.45) is 2.27. The fourth-order valence-corrected chi connectivity index (χ4v) is 3.31. The molecular formula is C13H22N4OS. The lowest BCUT2D eigenvalue weighted by Gasteiger charge is -2.30. The molecule has 1 aliphatic rings. The van der Waals surface area contributed by atoms with E-state index in [9.17, 15) is 4.79 Å². The van der Waals surface area contributed by atoms with Gasteiger partial charge in [0, 0.05) is 19.1 Å². The van der Waals surface area contributed by atoms with Crippen LogP contribution in [-0.2, 0) is 0 Å². The van der Waals surface area contributed by atoms with Crippen LogP contribution in [0, 0.1) is 5.92 Å². The number of rotatable bonds is 3. The molecule has 1 unspecified atom stereocenters. The van der Waals surface area contributed by atoms with E-state index in [-0.39, 0.29) is 11.9 Å². The van der Waals surface area contributed by atoms with Gasteiger partial charge < -0.3 is 16.0 Å². The predicted molar refractivity (Wildman–Crippen MR) is 79.6 cm³/mol. The minimum Gasteiger partial charge on any atom is -0.382 e. The molecule has 1 aromatic rings. The van der Waals surface area contributed by atoms with Gasteiger partial charge in [-0.05, 0) is 32.6 Å². The standard InChI is InChI=1S/C13H22N4OS/c1-8(2)15-13-16-11(14)10(19-13)12(18)17-6-4-5-9(3)7-17/h8-9H,4-7,14H2,1-3H3,(H,15,16). The molecule has 0 bridgehead atoms. The van der Waals surface area contributed by atoms with Crippen LogP contribution < -0.4 is 11.1 Å². The first kappa shape index (κ1) is 14.1. The summed E-state index contributed by atoms with van der Waals surface area (Å²) in [4.78, 5) is 19.1. The lowest BCUT2D eigenvalue weighted by Crippen LogP contribution is -2.39. The van der Waals surface area contributed by atoms with Gasteiger partial charge in [-0.15, -0.1) is 0 Å². The number of amides is 1. The molecule has 0 radical (unpaired) electrons. The second-order valence-corrected chi connectivity index (χ2v) is 6.53. The van der Waals surface area contributed by atoms with Gasteiger partial charge in [0.05, 0.1) is 0 Å². The number of thiazole rings is 1. The van der Waals surface area contributed by atoms with Gasteiger partial charge in [0.25, 0.3) is 5.91 Å². The number of likely N-dealkylation sites (tertiary alicyclic amines) is 1. The number of anilines is 2. The Balaban J connectivity index is 2.12. The van der Waals surface area contributed by atoms with Gasteiger partial charge in [0.2, 0.25) is 0 Å². The number of piperidine rings is 1. The number of nitrogen functional groups attached to an aromatic ring is 1. The number of nitrogens with one attached hydrogen (secondary N) is 1. The molecule has 1 amide bonds. The molecule has 1 atom stereocenters. The van der Waals surface area contributed by atoms with E-state index in [1.807, 2.05) is 18.7 Å². The highest BCUT2D eigenvalue weighted by molar-refractivity contribution is 7.18. The summed E-state index contributed by atoms with van der Waals surface area (Å²) >= 11 is 1.35. The van der Waals surface area contributed by atoms with Crippen LogP contribution in [0.15, 0.2) is 0 Å². The van der Waals surface area contributed by atoms with E-state index in [4.69, 9.17) is 5.73 Å². The van der Waals surface area contributed by atoms with E-state index in [1.165, 1.54) is 17.8 Å². The number of carbonyl (C=O) groups excluding carboxylic acids is 1. The quantitative estimate of drug-likeness (QED) is 0.893. The second-order valence-electron chi connectivity index (χ2n) is 5.53. The zero-order chi connectivity index (χ0) is 14.0. The third kappa shape index (κ3) is 3.37. The Bertz CT molecular complexity index is 457. The molecule has 2 rings (SSSR count). The highest BCUT2D eigenvalue weighted by Gasteiger charge is 2.25. The number of nitrogens with zero attached hydrogens (tertiary/aromatic N) is 2. The average molecular weight is 282 g/mol. The van der Waals surface area contributed by atoms with Gasteiger partial charge in [-0.3, -0.25) is 4.79 Å². The largest absolute Gasteiger partial charge is 0.382 e. The highest BCUT2D eigenvalue weighted by atomic mass is 32.1. The van der Waals surface area contributed by atoms with Crippen LogP contribution in [0.4, 0.5) is 10.9 Å². The summed E-state index contributed by atoms with van der Waals surface area (Å²) in [5.74, 6) is 0.940. The van der Waals surface area contributed by atoms with Gasteiger partial charge in [-0.1, -0.05) is 18.3 Å². The first-order valence-electron chi connectivity index (χ1n) is 6.79. The van der Waals surface area contributed by atoms with Gasteiger partial charge >= 0.3 is 0 Å². The molecule has 6 heteroatoms. The minimum absolute atomic E-state index is 0.0263. The lowest BCUT2D eigenvalue weighted by molar-refractivity contribution is 0.0689. The van der Waals surface area contributed by atoms with Gasteiger partial charge in [-0.2, -0.15) is 0 Å². The van der Waals surface area contributed by atoms with Crippen molar-refractivity contribution >= 4 is 28.2 Å². The molecule has 1 aliphatic heterocycles. The molecule has 0 spiro atoms. The Kier molecular flexibility index (Phi) is 4.29. The fourth-order valence-electron chi connectivity index (χ4n) is 2.31. The number of aromatic nitrogens is 1. The van der Waals surface area contributed by atoms with E-state index in [0.29, 0.717) is 16.6 Å². The fraction of sp³-hybridized carbons (Fsp3) is 0.692. The van der Waals surface area contributed by atoms with Crippen LogP contribution in [-0.4, -0.2) is 34.9 Å². The van der Waals surface area contributed by atoms with Gasteiger partial charge in [0.1, 0.15) is 10.7 Å². The molecule has 5 nitrogen and oxygen atoms in total. The number of hydrogen-bond donors (Lipinski definition) is 2. The van der Waals surface area contributed by atoms with Crippen molar-refractivity contribution in [1.29, 1.82) is 0 Å². The van der Waals surface area contributed by atoms with Crippen LogP contribution in [0.2, 0.25) is 0 Å². The molecule has 106 valence electrons. The summed E-state index contributed by atoms with van der Waals surface area (Å²) in [7, 11) is 0. The highest BCUT2D eigenvalue weighted by Crippen LogP contribution is 2.28. The van der Waals surface area contributed by atoms with E-state index >= 15 is 0 Å². The first-order valence-corrected chi connectivity index (χ1v) is 7.61. The van der Waals surface area contributed by atoms with Crippen molar-refractivity contribution in [3.05, 3.63) is 4.88 Å². The average Bonchev–Trinajstić information content (AvgIpc) is 2.68. The Morgan fingerprint density at radius 1 is 1.58 bits per heavy atom. The van der Waals surface area contributed by atoms with Crippen molar-refractivity contribution in [2.75, 3.05) is 24.1 Å². The van der Waals surface area contributed by atoms with Crippen molar-refractivity contribution in [3.8, 4) is 0 Å². The summed E-state index contributed by atoms with van der Waals surface area (Å²) in [6.45, 7) is 7.90. The Hall–Kier alpha value is -1.30. The molecule has 1 aromatic heterocycles. The molecule has 3 N–H and O–H groups in total. The van der Waals surface area contributed by atoms with Crippen molar-refractivity contribution in [1.82, 2.24) is 9.88 Å². The van der Waals surface area contributed by atoms with Crippen LogP contribution in [0.1, 0.15) is 43.3 Å². The van der Waals surface area contributed by atoms with Crippen LogP contribution in [0.3, 0.4) is 0 Å². The minimum atomic E-state index is 0.0263. The van der Waals surface area contributed by atoms with Crippen molar-refractivity contribution in [2.45, 2.75) is 39.7 Å². The summed E-state index contributed by atoms with van der Waals surface area (Å²) < 4.78 is 0. The van der Waals surface area contributed by atoms with Gasteiger partial charge in [-0.25, -0.2) is 4.98 Å². The maximum atomic E-state index is 12.5. The monoisotopic (exact) mass is 282 g/mol. The SMILES string of the molecule is CC1CCCN(C(=O)c2sc(NC(C)C)nc2N)C1. The molecular weight excluding hydrogens is 260 g/mol. The molecule has 19 heavy (non-hydrogen) atoms. The molecule has 2 heterocycles. The Morgan fingerprint density at radius 3 is 2.95 bits per heavy atom. The lowest BCUT2D eigenvalue weighted by atomic mass is 10.0. The zero-order valence-corrected chi connectivity index (χ0v) is 12.6. The van der Waals surface area contributed by atoms with E-state index in [1.54, 1.807) is 0 Å². The summed E-state index contributed by atoms with van der Waals surface area (Å²) in [5.41, 5.74) is 5.87. The number of carbonyl (C=O) groups is 1. The van der Waals surface area contributed by atoms with E-state index in [2.05, 4.69) is 17.2 Å². The van der Waals surface area contributed by atoms with Crippen LogP contribution >= 0.6 is 11.3 Å². The predicted octanol–water partition coefficient (Wildman–Crippen LogP) is 2.42.